The van der Waals surface area contributed by atoms with Gasteiger partial charge >= 0.3 is 0 Å². The molecule has 0 N–H and O–H groups in total. The van der Waals surface area contributed by atoms with Gasteiger partial charge in [-0.15, -0.1) is 0 Å². The number of rotatable bonds is 4. The molecule has 27 heavy (non-hydrogen) atoms. The first-order chi connectivity index (χ1) is 13.2. The Labute approximate surface area is 160 Å². The van der Waals surface area contributed by atoms with E-state index >= 15 is 0 Å². The number of aryl methyl sites for hydroxylation is 1. The number of piperidine rings is 1. The number of amides is 1. The number of carbonyl (C=O) groups excluding carboxylic acids is 1. The maximum Gasteiger partial charge on any atom is 0.236 e. The van der Waals surface area contributed by atoms with Crippen LogP contribution in [0.3, 0.4) is 0 Å². The molecule has 2 aliphatic rings. The second kappa shape index (κ2) is 8.13. The van der Waals surface area contributed by atoms with Crippen LogP contribution in [0.2, 0.25) is 0 Å². The highest BCUT2D eigenvalue weighted by molar-refractivity contribution is 5.78. The largest absolute Gasteiger partial charge is 0.341 e. The second-order valence-electron chi connectivity index (χ2n) is 7.67. The average Bonchev–Trinajstić information content (AvgIpc) is 3.22. The highest BCUT2D eigenvalue weighted by atomic mass is 16.2. The molecule has 6 nitrogen and oxygen atoms in total. The van der Waals surface area contributed by atoms with Crippen LogP contribution in [0.5, 0.6) is 0 Å². The van der Waals surface area contributed by atoms with Gasteiger partial charge in [-0.1, -0.05) is 0 Å². The smallest absolute Gasteiger partial charge is 0.236 e. The predicted octanol–water partition coefficient (Wildman–Crippen LogP) is 2.65. The number of aromatic nitrogens is 3. The number of hydrogen-bond donors (Lipinski definition) is 0. The van der Waals surface area contributed by atoms with E-state index in [1.54, 1.807) is 12.4 Å². The van der Waals surface area contributed by atoms with Crippen LogP contribution in [0.1, 0.15) is 42.9 Å². The fourth-order valence-corrected chi connectivity index (χ4v) is 4.16. The van der Waals surface area contributed by atoms with E-state index in [1.165, 1.54) is 12.8 Å². The summed E-state index contributed by atoms with van der Waals surface area (Å²) in [7, 11) is 0. The maximum absolute atomic E-state index is 12.7. The minimum atomic E-state index is 0.265. The van der Waals surface area contributed by atoms with E-state index in [0.717, 1.165) is 55.8 Å². The molecule has 0 aromatic carbocycles. The van der Waals surface area contributed by atoms with Crippen LogP contribution in [0.25, 0.3) is 11.4 Å². The SMILES string of the molecule is Cc1cnc(-c2cccnc2)nc1C1CCCN(C(=O)CN2CCCC2)C1. The van der Waals surface area contributed by atoms with E-state index in [1.807, 2.05) is 23.2 Å². The van der Waals surface area contributed by atoms with Crippen molar-refractivity contribution in [3.8, 4) is 11.4 Å². The van der Waals surface area contributed by atoms with E-state index in [4.69, 9.17) is 4.98 Å². The summed E-state index contributed by atoms with van der Waals surface area (Å²) in [4.78, 5) is 30.6. The van der Waals surface area contributed by atoms with Gasteiger partial charge in [0.2, 0.25) is 5.91 Å². The molecule has 2 aliphatic heterocycles. The van der Waals surface area contributed by atoms with Crippen molar-refractivity contribution in [2.45, 2.75) is 38.5 Å². The van der Waals surface area contributed by atoms with Crippen molar-refractivity contribution < 1.29 is 4.79 Å². The Balaban J connectivity index is 1.50. The van der Waals surface area contributed by atoms with Gasteiger partial charge in [-0.3, -0.25) is 14.7 Å². The highest BCUT2D eigenvalue weighted by Gasteiger charge is 2.28. The number of likely N-dealkylation sites (tertiary alicyclic amines) is 2. The van der Waals surface area contributed by atoms with Crippen LogP contribution in [-0.2, 0) is 4.79 Å². The zero-order chi connectivity index (χ0) is 18.6. The van der Waals surface area contributed by atoms with Crippen LogP contribution >= 0.6 is 0 Å². The van der Waals surface area contributed by atoms with Crippen molar-refractivity contribution in [1.82, 2.24) is 24.8 Å². The molecule has 6 heteroatoms. The number of carbonyl (C=O) groups is 1. The Hall–Kier alpha value is -2.34. The average molecular weight is 365 g/mol. The van der Waals surface area contributed by atoms with Crippen molar-refractivity contribution in [3.05, 3.63) is 42.0 Å². The molecule has 2 aromatic heterocycles. The van der Waals surface area contributed by atoms with Gasteiger partial charge in [0.05, 0.1) is 12.2 Å². The Morgan fingerprint density at radius 2 is 2.04 bits per heavy atom. The fourth-order valence-electron chi connectivity index (χ4n) is 4.16. The summed E-state index contributed by atoms with van der Waals surface area (Å²) in [6.07, 6.45) is 9.97. The summed E-state index contributed by atoms with van der Waals surface area (Å²) in [6, 6.07) is 3.88. The summed E-state index contributed by atoms with van der Waals surface area (Å²) < 4.78 is 0. The maximum atomic E-state index is 12.7. The van der Waals surface area contributed by atoms with Crippen molar-refractivity contribution in [2.24, 2.45) is 0 Å². The molecule has 0 saturated carbocycles. The van der Waals surface area contributed by atoms with E-state index in [0.29, 0.717) is 12.4 Å². The van der Waals surface area contributed by atoms with E-state index in [9.17, 15) is 4.79 Å². The van der Waals surface area contributed by atoms with Crippen molar-refractivity contribution in [2.75, 3.05) is 32.7 Å². The normalized spacial score (nSPS) is 20.8. The van der Waals surface area contributed by atoms with Crippen LogP contribution in [0, 0.1) is 6.92 Å². The zero-order valence-electron chi connectivity index (χ0n) is 16.0. The molecule has 1 unspecified atom stereocenters. The van der Waals surface area contributed by atoms with Crippen LogP contribution < -0.4 is 0 Å². The summed E-state index contributed by atoms with van der Waals surface area (Å²) in [5.41, 5.74) is 3.10. The molecule has 2 fully saturated rings. The molecule has 0 radical (unpaired) electrons. The first-order valence-corrected chi connectivity index (χ1v) is 9.95. The molecule has 4 rings (SSSR count). The molecule has 0 bridgehead atoms. The summed E-state index contributed by atoms with van der Waals surface area (Å²) in [5, 5.41) is 0. The van der Waals surface area contributed by atoms with Gasteiger partial charge < -0.3 is 4.90 Å². The van der Waals surface area contributed by atoms with Gasteiger partial charge in [0.15, 0.2) is 5.82 Å². The van der Waals surface area contributed by atoms with Crippen LogP contribution in [0.4, 0.5) is 0 Å². The van der Waals surface area contributed by atoms with E-state index in [2.05, 4.69) is 21.8 Å². The lowest BCUT2D eigenvalue weighted by Gasteiger charge is -2.34. The zero-order valence-corrected chi connectivity index (χ0v) is 16.0. The fraction of sp³-hybridized carbons (Fsp3) is 0.524. The molecule has 4 heterocycles. The summed E-state index contributed by atoms with van der Waals surface area (Å²) in [6.45, 7) is 6.37. The van der Waals surface area contributed by atoms with E-state index in [-0.39, 0.29) is 11.8 Å². The third-order valence-corrected chi connectivity index (χ3v) is 5.65. The molecule has 1 amide bonds. The standard InChI is InChI=1S/C21H27N5O/c1-16-12-23-21(17-6-4-8-22-13-17)24-20(16)18-7-5-11-26(14-18)19(27)15-25-9-2-3-10-25/h4,6,8,12-13,18H,2-3,5,7,9-11,14-15H2,1H3. The molecule has 0 aliphatic carbocycles. The first kappa shape index (κ1) is 18.0. The highest BCUT2D eigenvalue weighted by Crippen LogP contribution is 2.29. The number of nitrogens with zero attached hydrogens (tertiary/aromatic N) is 5. The van der Waals surface area contributed by atoms with Gasteiger partial charge in [0, 0.05) is 43.2 Å². The monoisotopic (exact) mass is 365 g/mol. The van der Waals surface area contributed by atoms with E-state index < -0.39 is 0 Å². The Kier molecular flexibility index (Phi) is 5.43. The summed E-state index contributed by atoms with van der Waals surface area (Å²) >= 11 is 0. The number of hydrogen-bond acceptors (Lipinski definition) is 5. The van der Waals surface area contributed by atoms with Gasteiger partial charge in [-0.2, -0.15) is 0 Å². The van der Waals surface area contributed by atoms with Crippen LogP contribution in [-0.4, -0.2) is 63.4 Å². The van der Waals surface area contributed by atoms with Crippen LogP contribution in [0.15, 0.2) is 30.7 Å². The quantitative estimate of drug-likeness (QED) is 0.834. The van der Waals surface area contributed by atoms with Gasteiger partial charge in [-0.25, -0.2) is 9.97 Å². The molecule has 0 spiro atoms. The second-order valence-corrected chi connectivity index (χ2v) is 7.67. The van der Waals surface area contributed by atoms with Crippen molar-refractivity contribution >= 4 is 5.91 Å². The lowest BCUT2D eigenvalue weighted by Crippen LogP contribution is -2.44. The Morgan fingerprint density at radius 1 is 1.19 bits per heavy atom. The minimum Gasteiger partial charge on any atom is -0.341 e. The molecule has 2 saturated heterocycles. The van der Waals surface area contributed by atoms with Crippen molar-refractivity contribution in [1.29, 1.82) is 0 Å². The van der Waals surface area contributed by atoms with Gasteiger partial charge in [-0.05, 0) is 63.4 Å². The van der Waals surface area contributed by atoms with Gasteiger partial charge in [0.25, 0.3) is 0 Å². The van der Waals surface area contributed by atoms with Gasteiger partial charge in [0.1, 0.15) is 0 Å². The topological polar surface area (TPSA) is 62.2 Å². The molecule has 1 atom stereocenters. The molecular weight excluding hydrogens is 338 g/mol. The predicted molar refractivity (Wildman–Crippen MR) is 104 cm³/mol. The lowest BCUT2D eigenvalue weighted by atomic mass is 9.92. The number of pyridine rings is 1. The lowest BCUT2D eigenvalue weighted by molar-refractivity contribution is -0.133. The third-order valence-electron chi connectivity index (χ3n) is 5.65. The Bertz CT molecular complexity index is 788. The summed E-state index contributed by atoms with van der Waals surface area (Å²) in [5.74, 6) is 1.25. The third kappa shape index (κ3) is 4.16. The molecular formula is C21H27N5O. The molecule has 142 valence electrons. The molecule has 2 aromatic rings. The Morgan fingerprint density at radius 3 is 2.81 bits per heavy atom. The minimum absolute atomic E-state index is 0.265. The van der Waals surface area contributed by atoms with Crippen molar-refractivity contribution in [3.63, 3.8) is 0 Å². The first-order valence-electron chi connectivity index (χ1n) is 9.95.